The average molecular weight is 330 g/mol. The van der Waals surface area contributed by atoms with Crippen LogP contribution in [-0.2, 0) is 11.3 Å². The SMILES string of the molecule is O=C(NCc1cscn1)[C@H]1CCCN1C(=O)Nc1ccccc1. The quantitative estimate of drug-likeness (QED) is 0.904. The fourth-order valence-electron chi connectivity index (χ4n) is 2.62. The van der Waals surface area contributed by atoms with Gasteiger partial charge in [-0.3, -0.25) is 4.79 Å². The smallest absolute Gasteiger partial charge is 0.322 e. The molecule has 0 spiro atoms. The van der Waals surface area contributed by atoms with E-state index >= 15 is 0 Å². The Morgan fingerprint density at radius 1 is 1.30 bits per heavy atom. The maximum Gasteiger partial charge on any atom is 0.322 e. The summed E-state index contributed by atoms with van der Waals surface area (Å²) >= 11 is 1.49. The van der Waals surface area contributed by atoms with E-state index < -0.39 is 6.04 Å². The molecule has 2 aromatic rings. The van der Waals surface area contributed by atoms with Crippen molar-refractivity contribution in [3.05, 3.63) is 46.9 Å². The summed E-state index contributed by atoms with van der Waals surface area (Å²) in [4.78, 5) is 30.5. The second-order valence-corrected chi connectivity index (χ2v) is 6.06. The van der Waals surface area contributed by atoms with Crippen molar-refractivity contribution in [2.75, 3.05) is 11.9 Å². The summed E-state index contributed by atoms with van der Waals surface area (Å²) in [5.74, 6) is -0.126. The third kappa shape index (κ3) is 3.87. The molecule has 3 rings (SSSR count). The van der Waals surface area contributed by atoms with Crippen molar-refractivity contribution in [1.82, 2.24) is 15.2 Å². The van der Waals surface area contributed by atoms with Crippen LogP contribution in [-0.4, -0.2) is 34.4 Å². The Bertz CT molecular complexity index is 660. The van der Waals surface area contributed by atoms with Crippen LogP contribution in [0.1, 0.15) is 18.5 Å². The molecule has 2 heterocycles. The Morgan fingerprint density at radius 3 is 2.87 bits per heavy atom. The first-order chi connectivity index (χ1) is 11.2. The lowest BCUT2D eigenvalue weighted by atomic mass is 10.2. The number of benzene rings is 1. The molecule has 2 N–H and O–H groups in total. The first kappa shape index (κ1) is 15.5. The number of thiazole rings is 1. The average Bonchev–Trinajstić information content (AvgIpc) is 3.25. The molecule has 1 aromatic carbocycles. The minimum atomic E-state index is -0.419. The summed E-state index contributed by atoms with van der Waals surface area (Å²) in [5, 5.41) is 7.59. The van der Waals surface area contributed by atoms with Gasteiger partial charge in [0.1, 0.15) is 6.04 Å². The number of likely N-dealkylation sites (tertiary alicyclic amines) is 1. The Kier molecular flexibility index (Phi) is 4.87. The van der Waals surface area contributed by atoms with Gasteiger partial charge in [0.05, 0.1) is 17.7 Å². The summed E-state index contributed by atoms with van der Waals surface area (Å²) in [6.45, 7) is 0.987. The molecular weight excluding hydrogens is 312 g/mol. The van der Waals surface area contributed by atoms with Gasteiger partial charge < -0.3 is 15.5 Å². The molecule has 3 amide bonds. The largest absolute Gasteiger partial charge is 0.349 e. The van der Waals surface area contributed by atoms with Crippen molar-refractivity contribution >= 4 is 29.0 Å². The number of urea groups is 1. The summed E-state index contributed by atoms with van der Waals surface area (Å²) in [6.07, 6.45) is 1.52. The van der Waals surface area contributed by atoms with Gasteiger partial charge in [0.2, 0.25) is 5.91 Å². The predicted octanol–water partition coefficient (Wildman–Crippen LogP) is 2.46. The number of carbonyl (C=O) groups excluding carboxylic acids is 2. The van der Waals surface area contributed by atoms with E-state index in [1.54, 1.807) is 10.4 Å². The number of carbonyl (C=O) groups is 2. The maximum absolute atomic E-state index is 12.4. The molecule has 1 saturated heterocycles. The summed E-state index contributed by atoms with van der Waals surface area (Å²) in [7, 11) is 0. The van der Waals surface area contributed by atoms with E-state index in [1.165, 1.54) is 11.3 Å². The van der Waals surface area contributed by atoms with E-state index in [4.69, 9.17) is 0 Å². The molecule has 6 nitrogen and oxygen atoms in total. The highest BCUT2D eigenvalue weighted by molar-refractivity contribution is 7.07. The number of nitrogens with one attached hydrogen (secondary N) is 2. The van der Waals surface area contributed by atoms with Crippen LogP contribution in [0.5, 0.6) is 0 Å². The van der Waals surface area contributed by atoms with Crippen molar-refractivity contribution in [1.29, 1.82) is 0 Å². The summed E-state index contributed by atoms with van der Waals surface area (Å²) in [6, 6.07) is 8.60. The third-order valence-corrected chi connectivity index (χ3v) is 4.40. The number of anilines is 1. The van der Waals surface area contributed by atoms with Gasteiger partial charge in [0, 0.05) is 17.6 Å². The number of aromatic nitrogens is 1. The molecule has 1 aliphatic heterocycles. The minimum Gasteiger partial charge on any atom is -0.349 e. The van der Waals surface area contributed by atoms with Crippen LogP contribution in [0.3, 0.4) is 0 Å². The molecule has 0 saturated carbocycles. The molecule has 1 aliphatic rings. The molecule has 0 unspecified atom stereocenters. The lowest BCUT2D eigenvalue weighted by Crippen LogP contribution is -2.47. The van der Waals surface area contributed by atoms with E-state index in [1.807, 2.05) is 35.7 Å². The summed E-state index contributed by atoms with van der Waals surface area (Å²) in [5.41, 5.74) is 3.30. The molecule has 0 radical (unpaired) electrons. The van der Waals surface area contributed by atoms with Crippen molar-refractivity contribution in [3.8, 4) is 0 Å². The number of hydrogen-bond donors (Lipinski definition) is 2. The van der Waals surface area contributed by atoms with Crippen molar-refractivity contribution in [2.45, 2.75) is 25.4 Å². The zero-order valence-corrected chi connectivity index (χ0v) is 13.4. The van der Waals surface area contributed by atoms with Crippen LogP contribution in [0.4, 0.5) is 10.5 Å². The summed E-state index contributed by atoms with van der Waals surface area (Å²) < 4.78 is 0. The lowest BCUT2D eigenvalue weighted by Gasteiger charge is -2.24. The Labute approximate surface area is 138 Å². The second-order valence-electron chi connectivity index (χ2n) is 5.35. The second kappa shape index (κ2) is 7.23. The van der Waals surface area contributed by atoms with Gasteiger partial charge in [0.15, 0.2) is 0 Å². The molecule has 0 bridgehead atoms. The molecule has 1 fully saturated rings. The Balaban J connectivity index is 1.58. The lowest BCUT2D eigenvalue weighted by molar-refractivity contribution is -0.124. The normalized spacial score (nSPS) is 17.0. The molecule has 0 aliphatic carbocycles. The molecule has 1 atom stereocenters. The molecular formula is C16H18N4O2S. The number of amides is 3. The van der Waals surface area contributed by atoms with E-state index in [0.29, 0.717) is 19.5 Å². The van der Waals surface area contributed by atoms with Crippen molar-refractivity contribution in [3.63, 3.8) is 0 Å². The predicted molar refractivity (Wildman–Crippen MR) is 89.1 cm³/mol. The first-order valence-corrected chi connectivity index (χ1v) is 8.46. The van der Waals surface area contributed by atoms with Gasteiger partial charge in [-0.1, -0.05) is 18.2 Å². The van der Waals surface area contributed by atoms with Gasteiger partial charge in [-0.25, -0.2) is 9.78 Å². The topological polar surface area (TPSA) is 74.3 Å². The maximum atomic E-state index is 12.4. The third-order valence-electron chi connectivity index (χ3n) is 3.77. The molecule has 23 heavy (non-hydrogen) atoms. The van der Waals surface area contributed by atoms with Crippen LogP contribution in [0, 0.1) is 0 Å². The standard InChI is InChI=1S/C16H18N4O2S/c21-15(17-9-13-10-23-11-18-13)14-7-4-8-20(14)16(22)19-12-5-2-1-3-6-12/h1-3,5-6,10-11,14H,4,7-9H2,(H,17,21)(H,19,22)/t14-/m1/s1. The minimum absolute atomic E-state index is 0.126. The van der Waals surface area contributed by atoms with Crippen LogP contribution >= 0.6 is 11.3 Å². The molecule has 120 valence electrons. The fourth-order valence-corrected chi connectivity index (χ4v) is 3.18. The van der Waals surface area contributed by atoms with Gasteiger partial charge >= 0.3 is 6.03 Å². The van der Waals surface area contributed by atoms with E-state index in [-0.39, 0.29) is 11.9 Å². The highest BCUT2D eigenvalue weighted by atomic mass is 32.1. The van der Waals surface area contributed by atoms with Gasteiger partial charge in [-0.05, 0) is 25.0 Å². The van der Waals surface area contributed by atoms with Crippen molar-refractivity contribution < 1.29 is 9.59 Å². The van der Waals surface area contributed by atoms with E-state index in [2.05, 4.69) is 15.6 Å². The number of rotatable bonds is 4. The first-order valence-electron chi connectivity index (χ1n) is 7.51. The van der Waals surface area contributed by atoms with Crippen LogP contribution < -0.4 is 10.6 Å². The molecule has 1 aromatic heterocycles. The molecule has 7 heteroatoms. The Morgan fingerprint density at radius 2 is 2.13 bits per heavy atom. The Hall–Kier alpha value is -2.41. The number of nitrogens with zero attached hydrogens (tertiary/aromatic N) is 2. The fraction of sp³-hybridized carbons (Fsp3) is 0.312. The zero-order valence-electron chi connectivity index (χ0n) is 12.6. The van der Waals surface area contributed by atoms with Crippen LogP contribution in [0.15, 0.2) is 41.2 Å². The van der Waals surface area contributed by atoms with Crippen LogP contribution in [0.2, 0.25) is 0 Å². The van der Waals surface area contributed by atoms with E-state index in [9.17, 15) is 9.59 Å². The van der Waals surface area contributed by atoms with Gasteiger partial charge in [0.25, 0.3) is 0 Å². The van der Waals surface area contributed by atoms with E-state index in [0.717, 1.165) is 17.8 Å². The monoisotopic (exact) mass is 330 g/mol. The van der Waals surface area contributed by atoms with Gasteiger partial charge in [-0.2, -0.15) is 0 Å². The highest BCUT2D eigenvalue weighted by Gasteiger charge is 2.34. The zero-order chi connectivity index (χ0) is 16.1. The van der Waals surface area contributed by atoms with Gasteiger partial charge in [-0.15, -0.1) is 11.3 Å². The number of para-hydroxylation sites is 1. The van der Waals surface area contributed by atoms with Crippen molar-refractivity contribution in [2.24, 2.45) is 0 Å². The van der Waals surface area contributed by atoms with Crippen LogP contribution in [0.25, 0.3) is 0 Å². The number of hydrogen-bond acceptors (Lipinski definition) is 4. The highest BCUT2D eigenvalue weighted by Crippen LogP contribution is 2.19.